The minimum atomic E-state index is -0.934. The second kappa shape index (κ2) is 10.3. The predicted octanol–water partition coefficient (Wildman–Crippen LogP) is 4.73. The van der Waals surface area contributed by atoms with Gasteiger partial charge in [0.25, 0.3) is 0 Å². The molecule has 0 radical (unpaired) electrons. The van der Waals surface area contributed by atoms with Gasteiger partial charge in [-0.15, -0.1) is 0 Å². The Morgan fingerprint density at radius 3 is 2.10 bits per heavy atom. The third-order valence-corrected chi connectivity index (χ3v) is 3.61. The smallest absolute Gasteiger partial charge is 0.415 e. The van der Waals surface area contributed by atoms with Gasteiger partial charge < -0.3 is 14.2 Å². The topological polar surface area (TPSA) is 82.1 Å². The minimum absolute atomic E-state index is 0.186. The molecule has 0 saturated heterocycles. The molecule has 0 aliphatic carbocycles. The summed E-state index contributed by atoms with van der Waals surface area (Å²) in [6, 6.07) is 5.96. The lowest BCUT2D eigenvalue weighted by atomic mass is 10.1. The molecule has 7 heteroatoms. The van der Waals surface area contributed by atoms with Crippen LogP contribution in [-0.2, 0) is 23.8 Å². The first-order valence-corrected chi connectivity index (χ1v) is 9.94. The lowest BCUT2D eigenvalue weighted by Crippen LogP contribution is -2.47. The fourth-order valence-corrected chi connectivity index (χ4v) is 2.49. The highest BCUT2D eigenvalue weighted by Crippen LogP contribution is 2.27. The quantitative estimate of drug-likeness (QED) is 0.376. The van der Waals surface area contributed by atoms with Crippen molar-refractivity contribution in [2.75, 3.05) is 11.5 Å². The summed E-state index contributed by atoms with van der Waals surface area (Å²) in [6.07, 6.45) is 2.13. The van der Waals surface area contributed by atoms with Gasteiger partial charge in [-0.1, -0.05) is 18.2 Å². The Balaban J connectivity index is 3.35. The number of carbonyl (C=O) groups is 3. The van der Waals surface area contributed by atoms with Gasteiger partial charge >= 0.3 is 18.0 Å². The average molecular weight is 420 g/mol. The summed E-state index contributed by atoms with van der Waals surface area (Å²) in [4.78, 5) is 38.7. The van der Waals surface area contributed by atoms with E-state index in [1.807, 2.05) is 0 Å². The molecule has 1 amide bonds. The highest BCUT2D eigenvalue weighted by molar-refractivity contribution is 5.98. The van der Waals surface area contributed by atoms with E-state index in [1.54, 1.807) is 85.7 Å². The predicted molar refractivity (Wildman–Crippen MR) is 116 cm³/mol. The summed E-state index contributed by atoms with van der Waals surface area (Å²) in [6.45, 7) is 14.0. The van der Waals surface area contributed by atoms with E-state index in [2.05, 4.69) is 0 Å². The molecule has 0 spiro atoms. The van der Waals surface area contributed by atoms with E-state index < -0.39 is 35.3 Å². The van der Waals surface area contributed by atoms with Crippen LogP contribution in [0.1, 0.15) is 61.0 Å². The van der Waals surface area contributed by atoms with Crippen LogP contribution in [0.15, 0.2) is 30.3 Å². The zero-order valence-corrected chi connectivity index (χ0v) is 19.1. The molecule has 0 heterocycles. The largest absolute Gasteiger partial charge is 0.464 e. The maximum Gasteiger partial charge on any atom is 0.415 e. The molecular formula is C23H33NO6. The van der Waals surface area contributed by atoms with Crippen molar-refractivity contribution in [1.29, 1.82) is 0 Å². The Morgan fingerprint density at radius 1 is 1.00 bits per heavy atom. The van der Waals surface area contributed by atoms with E-state index in [9.17, 15) is 14.4 Å². The van der Waals surface area contributed by atoms with Crippen molar-refractivity contribution in [1.82, 2.24) is 0 Å². The molecule has 7 nitrogen and oxygen atoms in total. The Morgan fingerprint density at radius 2 is 1.57 bits per heavy atom. The van der Waals surface area contributed by atoms with Crippen LogP contribution in [0.25, 0.3) is 6.08 Å². The second-order valence-corrected chi connectivity index (χ2v) is 8.70. The number of amides is 1. The Labute approximate surface area is 179 Å². The number of anilines is 1. The molecule has 0 aromatic heterocycles. The molecule has 0 aliphatic heterocycles. The lowest BCUT2D eigenvalue weighted by Gasteiger charge is -2.31. The molecule has 0 unspecified atom stereocenters. The SMILES string of the molecule is CCOC(=O)[C@H](C)N(C(=O)OC(C)(C)C)c1ccccc1/C=C\C(=O)OC(C)(C)C. The van der Waals surface area contributed by atoms with Gasteiger partial charge in [-0.25, -0.2) is 14.4 Å². The molecule has 0 aliphatic rings. The highest BCUT2D eigenvalue weighted by atomic mass is 16.6. The molecule has 30 heavy (non-hydrogen) atoms. The summed E-state index contributed by atoms with van der Waals surface area (Å²) in [5.74, 6) is -1.08. The van der Waals surface area contributed by atoms with Gasteiger partial charge in [0.05, 0.1) is 12.3 Å². The number of benzene rings is 1. The second-order valence-electron chi connectivity index (χ2n) is 8.70. The fourth-order valence-electron chi connectivity index (χ4n) is 2.49. The fraction of sp³-hybridized carbons (Fsp3) is 0.522. The maximum atomic E-state index is 13.0. The number of rotatable bonds is 6. The molecule has 1 aromatic carbocycles. The van der Waals surface area contributed by atoms with Gasteiger partial charge in [0, 0.05) is 6.08 Å². The number of carbonyl (C=O) groups excluding carboxylic acids is 3. The summed E-state index contributed by atoms with van der Waals surface area (Å²) in [7, 11) is 0. The first kappa shape index (κ1) is 25.2. The monoisotopic (exact) mass is 419 g/mol. The van der Waals surface area contributed by atoms with Crippen molar-refractivity contribution < 1.29 is 28.6 Å². The first-order valence-electron chi connectivity index (χ1n) is 9.94. The number of esters is 2. The molecule has 1 rings (SSSR count). The summed E-state index contributed by atoms with van der Waals surface area (Å²) >= 11 is 0. The van der Waals surface area contributed by atoms with Gasteiger partial charge in [0.1, 0.15) is 17.2 Å². The van der Waals surface area contributed by atoms with Gasteiger partial charge in [0.15, 0.2) is 0 Å². The third kappa shape index (κ3) is 8.27. The van der Waals surface area contributed by atoms with Crippen molar-refractivity contribution in [3.63, 3.8) is 0 Å². The van der Waals surface area contributed by atoms with E-state index in [0.717, 1.165) is 0 Å². The third-order valence-electron chi connectivity index (χ3n) is 3.61. The molecule has 1 atom stereocenters. The summed E-state index contributed by atoms with van der Waals surface area (Å²) in [5.41, 5.74) is -0.426. The standard InChI is InChI=1S/C23H33NO6/c1-9-28-20(26)16(2)24(21(27)30-23(6,7)8)18-13-11-10-12-17(18)14-15-19(25)29-22(3,4)5/h10-16H,9H2,1-8H3/b15-14-/t16-/m0/s1. The van der Waals surface area contributed by atoms with Gasteiger partial charge in [-0.05, 0) is 73.1 Å². The average Bonchev–Trinajstić information content (AvgIpc) is 2.58. The van der Waals surface area contributed by atoms with Gasteiger partial charge in [0.2, 0.25) is 0 Å². The zero-order valence-electron chi connectivity index (χ0n) is 19.1. The van der Waals surface area contributed by atoms with Crippen molar-refractivity contribution in [3.8, 4) is 0 Å². The molecule has 0 N–H and O–H groups in total. The van der Waals surface area contributed by atoms with Crippen molar-refractivity contribution in [2.45, 2.75) is 72.6 Å². The Bertz CT molecular complexity index is 786. The van der Waals surface area contributed by atoms with Crippen LogP contribution in [0, 0.1) is 0 Å². The van der Waals surface area contributed by atoms with Crippen molar-refractivity contribution in [2.24, 2.45) is 0 Å². The number of para-hydroxylation sites is 1. The van der Waals surface area contributed by atoms with E-state index in [4.69, 9.17) is 14.2 Å². The lowest BCUT2D eigenvalue weighted by molar-refractivity contribution is -0.148. The van der Waals surface area contributed by atoms with Crippen LogP contribution in [0.4, 0.5) is 10.5 Å². The van der Waals surface area contributed by atoms with Crippen LogP contribution in [0.5, 0.6) is 0 Å². The number of hydrogen-bond donors (Lipinski definition) is 0. The van der Waals surface area contributed by atoms with Crippen LogP contribution in [0.3, 0.4) is 0 Å². The molecule has 0 saturated carbocycles. The number of ether oxygens (including phenoxy) is 3. The van der Waals surface area contributed by atoms with Crippen LogP contribution >= 0.6 is 0 Å². The first-order chi connectivity index (χ1) is 13.7. The molecule has 166 valence electrons. The van der Waals surface area contributed by atoms with Crippen LogP contribution in [-0.4, -0.2) is 41.9 Å². The number of hydrogen-bond acceptors (Lipinski definition) is 6. The van der Waals surface area contributed by atoms with E-state index in [-0.39, 0.29) is 6.61 Å². The molecule has 1 aromatic rings. The number of nitrogens with zero attached hydrogens (tertiary/aromatic N) is 1. The van der Waals surface area contributed by atoms with Gasteiger partial charge in [-0.2, -0.15) is 0 Å². The summed E-state index contributed by atoms with van der Waals surface area (Å²) in [5, 5.41) is 0. The van der Waals surface area contributed by atoms with Crippen molar-refractivity contribution in [3.05, 3.63) is 35.9 Å². The summed E-state index contributed by atoms with van der Waals surface area (Å²) < 4.78 is 15.9. The molecular weight excluding hydrogens is 386 g/mol. The van der Waals surface area contributed by atoms with Crippen molar-refractivity contribution >= 4 is 29.8 Å². The van der Waals surface area contributed by atoms with Crippen LogP contribution in [0.2, 0.25) is 0 Å². The maximum absolute atomic E-state index is 13.0. The van der Waals surface area contributed by atoms with E-state index in [1.165, 1.54) is 11.0 Å². The molecule has 0 fully saturated rings. The highest BCUT2D eigenvalue weighted by Gasteiger charge is 2.33. The molecule has 0 bridgehead atoms. The minimum Gasteiger partial charge on any atom is -0.464 e. The Hall–Kier alpha value is -2.83. The Kier molecular flexibility index (Phi) is 8.63. The zero-order chi connectivity index (χ0) is 23.1. The van der Waals surface area contributed by atoms with Crippen LogP contribution < -0.4 is 4.90 Å². The normalized spacial score (nSPS) is 12.9. The van der Waals surface area contributed by atoms with E-state index in [0.29, 0.717) is 11.3 Å². The van der Waals surface area contributed by atoms with Gasteiger partial charge in [-0.3, -0.25) is 4.90 Å². The van der Waals surface area contributed by atoms with E-state index >= 15 is 0 Å².